The minimum absolute atomic E-state index is 0.115. The summed E-state index contributed by atoms with van der Waals surface area (Å²) in [5, 5.41) is 5.56. The number of nitrogens with one attached hydrogen (secondary N) is 2. The summed E-state index contributed by atoms with van der Waals surface area (Å²) >= 11 is 0. The van der Waals surface area contributed by atoms with Gasteiger partial charge < -0.3 is 20.1 Å². The summed E-state index contributed by atoms with van der Waals surface area (Å²) in [5.41, 5.74) is 1.41. The summed E-state index contributed by atoms with van der Waals surface area (Å²) in [6.45, 7) is 0.981. The molecule has 36 heavy (non-hydrogen) atoms. The number of ether oxygens (including phenoxy) is 2. The molecule has 3 rings (SSSR count). The molecule has 0 heterocycles. The van der Waals surface area contributed by atoms with Crippen molar-refractivity contribution in [3.63, 3.8) is 0 Å². The largest absolute Gasteiger partial charge is 0.497 e. The predicted octanol–water partition coefficient (Wildman–Crippen LogP) is 3.54. The van der Waals surface area contributed by atoms with Crippen molar-refractivity contribution in [3.8, 4) is 5.75 Å². The van der Waals surface area contributed by atoms with Crippen molar-refractivity contribution in [1.82, 2.24) is 5.32 Å². The number of nitrogens with zero attached hydrogens (tertiary/aromatic N) is 1. The summed E-state index contributed by atoms with van der Waals surface area (Å²) < 4.78 is 37.1. The topological polar surface area (TPSA) is 114 Å². The quantitative estimate of drug-likeness (QED) is 0.381. The van der Waals surface area contributed by atoms with Gasteiger partial charge >= 0.3 is 0 Å². The summed E-state index contributed by atoms with van der Waals surface area (Å²) in [6, 6.07) is 18.9. The van der Waals surface area contributed by atoms with Gasteiger partial charge in [0.05, 0.1) is 28.9 Å². The Labute approximate surface area is 211 Å². The van der Waals surface area contributed by atoms with Crippen LogP contribution in [-0.2, 0) is 14.8 Å². The molecular weight excluding hydrogens is 482 g/mol. The van der Waals surface area contributed by atoms with Crippen LogP contribution in [-0.4, -0.2) is 54.7 Å². The van der Waals surface area contributed by atoms with Crippen LogP contribution in [0.5, 0.6) is 5.75 Å². The van der Waals surface area contributed by atoms with Crippen LogP contribution in [0.15, 0.2) is 77.7 Å². The first-order chi connectivity index (χ1) is 17.3. The first-order valence-electron chi connectivity index (χ1n) is 11.2. The highest BCUT2D eigenvalue weighted by molar-refractivity contribution is 7.92. The molecule has 3 aromatic rings. The van der Waals surface area contributed by atoms with Crippen LogP contribution in [0.2, 0.25) is 0 Å². The number of amides is 2. The molecule has 190 valence electrons. The number of rotatable bonds is 11. The summed E-state index contributed by atoms with van der Waals surface area (Å²) in [5.74, 6) is -0.179. The molecule has 0 radical (unpaired) electrons. The first kappa shape index (κ1) is 26.7. The highest BCUT2D eigenvalue weighted by Crippen LogP contribution is 2.24. The van der Waals surface area contributed by atoms with Crippen LogP contribution in [0.25, 0.3) is 0 Å². The SMILES string of the molecule is COCCCNC(=O)c1ccccc1NC(=O)c1ccc(N(C)S(=O)(=O)c2ccc(OC)cc2)cc1. The zero-order valence-corrected chi connectivity index (χ0v) is 21.2. The van der Waals surface area contributed by atoms with Crippen LogP contribution < -0.4 is 19.7 Å². The molecule has 0 saturated heterocycles. The van der Waals surface area contributed by atoms with Gasteiger partial charge in [-0.1, -0.05) is 12.1 Å². The van der Waals surface area contributed by atoms with Crippen LogP contribution in [0.4, 0.5) is 11.4 Å². The van der Waals surface area contributed by atoms with Gasteiger partial charge in [0, 0.05) is 32.9 Å². The summed E-state index contributed by atoms with van der Waals surface area (Å²) in [4.78, 5) is 25.5. The van der Waals surface area contributed by atoms with E-state index in [1.807, 2.05) is 0 Å². The third-order valence-electron chi connectivity index (χ3n) is 5.44. The van der Waals surface area contributed by atoms with Crippen molar-refractivity contribution in [1.29, 1.82) is 0 Å². The smallest absolute Gasteiger partial charge is 0.264 e. The average molecular weight is 512 g/mol. The van der Waals surface area contributed by atoms with Crippen LogP contribution in [0.1, 0.15) is 27.1 Å². The molecule has 0 atom stereocenters. The number of carbonyl (C=O) groups is 2. The Morgan fingerprint density at radius 3 is 2.19 bits per heavy atom. The monoisotopic (exact) mass is 511 g/mol. The molecule has 0 aliphatic rings. The van der Waals surface area contributed by atoms with E-state index in [4.69, 9.17) is 9.47 Å². The molecule has 2 amide bonds. The number of para-hydroxylation sites is 1. The third kappa shape index (κ3) is 6.41. The standard InChI is InChI=1S/C26H29N3O6S/c1-29(36(32,33)22-15-13-21(35-3)14-16-22)20-11-9-19(10-12-20)25(30)28-24-8-5-4-7-23(24)26(31)27-17-6-18-34-2/h4-5,7-16H,6,17-18H2,1-3H3,(H,27,31)(H,28,30). The molecule has 0 unspecified atom stereocenters. The fourth-order valence-electron chi connectivity index (χ4n) is 3.37. The second-order valence-corrected chi connectivity index (χ2v) is 9.77. The lowest BCUT2D eigenvalue weighted by Crippen LogP contribution is -2.27. The Balaban J connectivity index is 1.71. The minimum atomic E-state index is -3.80. The maximum Gasteiger partial charge on any atom is 0.264 e. The molecule has 2 N–H and O–H groups in total. The highest BCUT2D eigenvalue weighted by Gasteiger charge is 2.22. The fraction of sp³-hybridized carbons (Fsp3) is 0.231. The zero-order valence-electron chi connectivity index (χ0n) is 20.4. The zero-order chi connectivity index (χ0) is 26.1. The Kier molecular flexibility index (Phi) is 9.04. The Morgan fingerprint density at radius 2 is 1.56 bits per heavy atom. The van der Waals surface area contributed by atoms with E-state index in [1.54, 1.807) is 55.6 Å². The fourth-order valence-corrected chi connectivity index (χ4v) is 4.56. The molecular formula is C26H29N3O6S. The molecule has 0 aliphatic carbocycles. The lowest BCUT2D eigenvalue weighted by molar-refractivity contribution is 0.0949. The van der Waals surface area contributed by atoms with Crippen LogP contribution >= 0.6 is 0 Å². The van der Waals surface area contributed by atoms with E-state index >= 15 is 0 Å². The Morgan fingerprint density at radius 1 is 0.889 bits per heavy atom. The van der Waals surface area contributed by atoms with Gasteiger partial charge in [0.15, 0.2) is 0 Å². The van der Waals surface area contributed by atoms with Crippen molar-refractivity contribution in [2.75, 3.05) is 44.0 Å². The van der Waals surface area contributed by atoms with Gasteiger partial charge in [0.2, 0.25) is 0 Å². The number of methoxy groups -OCH3 is 2. The molecule has 0 aliphatic heterocycles. The summed E-state index contributed by atoms with van der Waals surface area (Å²) in [7, 11) is 0.740. The third-order valence-corrected chi connectivity index (χ3v) is 7.24. The van der Waals surface area contributed by atoms with Crippen molar-refractivity contribution in [2.45, 2.75) is 11.3 Å². The maximum atomic E-state index is 13.0. The van der Waals surface area contributed by atoms with Gasteiger partial charge in [0.1, 0.15) is 5.75 Å². The van der Waals surface area contributed by atoms with Crippen LogP contribution in [0, 0.1) is 0 Å². The Bertz CT molecular complexity index is 1290. The molecule has 10 heteroatoms. The second-order valence-electron chi connectivity index (χ2n) is 7.80. The molecule has 0 fully saturated rings. The van der Waals surface area contributed by atoms with Crippen molar-refractivity contribution in [3.05, 3.63) is 83.9 Å². The van der Waals surface area contributed by atoms with E-state index in [0.717, 1.165) is 4.31 Å². The van der Waals surface area contributed by atoms with Gasteiger partial charge in [-0.05, 0) is 67.1 Å². The second kappa shape index (κ2) is 12.2. The van der Waals surface area contributed by atoms with Gasteiger partial charge in [-0.3, -0.25) is 13.9 Å². The maximum absolute atomic E-state index is 13.0. The average Bonchev–Trinajstić information content (AvgIpc) is 2.91. The minimum Gasteiger partial charge on any atom is -0.497 e. The number of benzene rings is 3. The number of anilines is 2. The first-order valence-corrected chi connectivity index (χ1v) is 12.6. The van der Waals surface area contributed by atoms with Gasteiger partial charge in [0.25, 0.3) is 21.8 Å². The van der Waals surface area contributed by atoms with Gasteiger partial charge in [-0.25, -0.2) is 8.42 Å². The predicted molar refractivity (Wildman–Crippen MR) is 138 cm³/mol. The molecule has 0 saturated carbocycles. The molecule has 0 aromatic heterocycles. The number of sulfonamides is 1. The highest BCUT2D eigenvalue weighted by atomic mass is 32.2. The number of hydrogen-bond donors (Lipinski definition) is 2. The normalized spacial score (nSPS) is 11.0. The lowest BCUT2D eigenvalue weighted by Gasteiger charge is -2.20. The van der Waals surface area contributed by atoms with E-state index in [1.165, 1.54) is 38.4 Å². The van der Waals surface area contributed by atoms with Crippen LogP contribution in [0.3, 0.4) is 0 Å². The van der Waals surface area contributed by atoms with Gasteiger partial charge in [-0.15, -0.1) is 0 Å². The van der Waals surface area contributed by atoms with E-state index in [0.29, 0.717) is 47.8 Å². The van der Waals surface area contributed by atoms with Crippen molar-refractivity contribution < 1.29 is 27.5 Å². The molecule has 3 aromatic carbocycles. The Hall–Kier alpha value is -3.89. The number of hydrogen-bond acceptors (Lipinski definition) is 6. The molecule has 9 nitrogen and oxygen atoms in total. The molecule has 0 spiro atoms. The lowest BCUT2D eigenvalue weighted by atomic mass is 10.1. The number of carbonyl (C=O) groups excluding carboxylic acids is 2. The van der Waals surface area contributed by atoms with E-state index in [9.17, 15) is 18.0 Å². The van der Waals surface area contributed by atoms with E-state index in [-0.39, 0.29) is 10.8 Å². The molecule has 0 bridgehead atoms. The van der Waals surface area contributed by atoms with E-state index < -0.39 is 15.9 Å². The van der Waals surface area contributed by atoms with Crippen molar-refractivity contribution >= 4 is 33.2 Å². The van der Waals surface area contributed by atoms with Crippen molar-refractivity contribution in [2.24, 2.45) is 0 Å². The van der Waals surface area contributed by atoms with Gasteiger partial charge in [-0.2, -0.15) is 0 Å². The van der Waals surface area contributed by atoms with E-state index in [2.05, 4.69) is 10.6 Å². The summed E-state index contributed by atoms with van der Waals surface area (Å²) in [6.07, 6.45) is 0.672.